The average molecular weight is 849 g/mol. The topological polar surface area (TPSA) is 342 Å². The van der Waals surface area contributed by atoms with E-state index in [0.29, 0.717) is 9.80 Å². The number of fused-ring (bicyclic) bond motifs is 1. The zero-order valence-electron chi connectivity index (χ0n) is 30.4. The summed E-state index contributed by atoms with van der Waals surface area (Å²) in [5.41, 5.74) is -3.58. The fourth-order valence-corrected chi connectivity index (χ4v) is 8.90. The smallest absolute Gasteiger partial charge is 0.352 e. The maximum atomic E-state index is 14.3. The van der Waals surface area contributed by atoms with Crippen molar-refractivity contribution in [3.05, 3.63) is 35.0 Å². The predicted molar refractivity (Wildman–Crippen MR) is 189 cm³/mol. The number of ether oxygens (including phenoxy) is 2. The van der Waals surface area contributed by atoms with Gasteiger partial charge in [-0.05, 0) is 46.2 Å². The lowest BCUT2D eigenvalue weighted by molar-refractivity contribution is -0.163. The number of hydrogen-bond donors (Lipinski definition) is 5. The Morgan fingerprint density at radius 2 is 1.76 bits per heavy atom. The summed E-state index contributed by atoms with van der Waals surface area (Å²) in [7, 11) is 0. The van der Waals surface area contributed by atoms with Crippen molar-refractivity contribution in [1.29, 1.82) is 0 Å². The Morgan fingerprint density at radius 3 is 2.38 bits per heavy atom. The van der Waals surface area contributed by atoms with Crippen molar-refractivity contribution in [3.8, 4) is 11.5 Å². The van der Waals surface area contributed by atoms with Gasteiger partial charge in [0.05, 0.1) is 0 Å². The molecule has 3 aliphatic heterocycles. The highest BCUT2D eigenvalue weighted by atomic mass is 32.2. The van der Waals surface area contributed by atoms with E-state index in [-0.39, 0.29) is 53.8 Å². The number of urea groups is 1. The number of aliphatic carboxylic acids is 2. The van der Waals surface area contributed by atoms with Crippen molar-refractivity contribution >= 4 is 82.9 Å². The van der Waals surface area contributed by atoms with Crippen LogP contribution in [0.2, 0.25) is 0 Å². The summed E-state index contributed by atoms with van der Waals surface area (Å²) < 4.78 is 25.0. The van der Waals surface area contributed by atoms with Crippen molar-refractivity contribution in [1.82, 2.24) is 50.9 Å². The largest absolute Gasteiger partial charge is 0.614 e. The molecule has 5 rings (SSSR count). The van der Waals surface area contributed by atoms with Gasteiger partial charge in [0.2, 0.25) is 22.8 Å². The first kappa shape index (κ1) is 42.5. The second-order valence-corrected chi connectivity index (χ2v) is 14.7. The molecule has 7 amide bonds. The molecule has 0 bridgehead atoms. The number of carboxylic acids is 2. The summed E-state index contributed by atoms with van der Waals surface area (Å²) in [6.45, 7) is 2.84. The van der Waals surface area contributed by atoms with Crippen LogP contribution in [0.4, 0.5) is 4.79 Å². The summed E-state index contributed by atoms with van der Waals surface area (Å²) in [4.78, 5) is 129. The highest BCUT2D eigenvalue weighted by Crippen LogP contribution is 2.43. The maximum Gasteiger partial charge on any atom is 0.352 e. The second kappa shape index (κ2) is 17.3. The lowest BCUT2D eigenvalue weighted by Crippen LogP contribution is -2.88. The molecule has 0 spiro atoms. The molecule has 25 nitrogen and oxygen atoms in total. The molecule has 4 atom stereocenters. The van der Waals surface area contributed by atoms with E-state index >= 15 is 0 Å². The molecule has 1 aromatic carbocycles. The van der Waals surface area contributed by atoms with E-state index < -0.39 is 106 Å². The van der Waals surface area contributed by atoms with Gasteiger partial charge in [-0.25, -0.2) is 14.3 Å². The monoisotopic (exact) mass is 848 g/mol. The molecule has 2 saturated heterocycles. The molecule has 5 N–H and O–H groups in total. The minimum Gasteiger partial charge on any atom is -0.614 e. The maximum absolute atomic E-state index is 14.3. The van der Waals surface area contributed by atoms with Gasteiger partial charge >= 0.3 is 41.7 Å². The second-order valence-electron chi connectivity index (χ2n) is 12.3. The van der Waals surface area contributed by atoms with Crippen molar-refractivity contribution in [2.75, 3.05) is 31.1 Å². The first-order valence-corrected chi connectivity index (χ1v) is 19.0. The van der Waals surface area contributed by atoms with Crippen LogP contribution in [0.5, 0.6) is 11.5 Å². The Hall–Kier alpha value is -6.61. The van der Waals surface area contributed by atoms with Crippen LogP contribution in [-0.2, 0) is 60.9 Å². The number of likely N-dealkylation sites (N-methyl/N-ethyl adjacent to an activating group) is 1. The van der Waals surface area contributed by atoms with Gasteiger partial charge in [-0.3, -0.25) is 48.2 Å². The minimum absolute atomic E-state index is 0.0255. The summed E-state index contributed by atoms with van der Waals surface area (Å²) >= 11 is -1.50. The number of imide groups is 1. The Kier molecular flexibility index (Phi) is 12.7. The van der Waals surface area contributed by atoms with Crippen LogP contribution < -0.4 is 25.4 Å². The molecule has 4 heterocycles. The highest BCUT2D eigenvalue weighted by Gasteiger charge is 2.72. The number of esters is 2. The molecule has 1 aromatic heterocycles. The number of aromatic nitrogens is 4. The lowest BCUT2D eigenvalue weighted by atomic mass is 9.94. The fourth-order valence-electron chi connectivity index (χ4n) is 6.09. The van der Waals surface area contributed by atoms with Crippen LogP contribution in [0.1, 0.15) is 32.4 Å². The van der Waals surface area contributed by atoms with Crippen molar-refractivity contribution in [3.63, 3.8) is 0 Å². The van der Waals surface area contributed by atoms with E-state index in [1.807, 2.05) is 0 Å². The van der Waals surface area contributed by atoms with Gasteiger partial charge in [0.15, 0.2) is 11.5 Å². The number of carbonyl (C=O) groups excluding carboxylic acids is 8. The normalized spacial score (nSPS) is 20.7. The van der Waals surface area contributed by atoms with E-state index in [1.54, 1.807) is 6.92 Å². The molecule has 0 saturated carbocycles. The van der Waals surface area contributed by atoms with E-state index in [2.05, 4.69) is 31.5 Å². The molecular formula is C31H32N10O15S2. The van der Waals surface area contributed by atoms with E-state index in [9.17, 15) is 57.6 Å². The fraction of sp³-hybridized carbons (Fsp3) is 0.387. The summed E-state index contributed by atoms with van der Waals surface area (Å²) in [6.07, 6.45) is -0.0255. The number of thioether (sulfide) groups is 1. The SMILES string of the molecule is CCN1CCN(C(=O)NC(C(=O)N[C@]2(NC=O)C(=O)N3C(C(=O)O)=C(CSc4nnnn4CC(=O)O)C[S+]([O-])[C@H]32)c2ccc(OC(C)=O)c(OC(C)=O)c2)C(=O)C1=O. The van der Waals surface area contributed by atoms with Crippen LogP contribution in [0, 0.1) is 0 Å². The Labute approximate surface area is 332 Å². The van der Waals surface area contributed by atoms with Gasteiger partial charge in [0.1, 0.15) is 24.0 Å². The van der Waals surface area contributed by atoms with Gasteiger partial charge in [0.25, 0.3) is 11.6 Å². The number of tetrazole rings is 1. The van der Waals surface area contributed by atoms with Crippen LogP contribution in [0.15, 0.2) is 34.6 Å². The molecular weight excluding hydrogens is 817 g/mol. The molecule has 3 aliphatic rings. The zero-order valence-corrected chi connectivity index (χ0v) is 32.0. The molecule has 0 aliphatic carbocycles. The van der Waals surface area contributed by atoms with Crippen molar-refractivity contribution < 1.29 is 72.2 Å². The summed E-state index contributed by atoms with van der Waals surface area (Å²) in [5.74, 6) is -11.1. The number of rotatable bonds is 15. The Balaban J connectivity index is 1.50. The molecule has 0 radical (unpaired) electrons. The number of carbonyl (C=O) groups is 10. The molecule has 308 valence electrons. The van der Waals surface area contributed by atoms with Gasteiger partial charge in [-0.15, -0.1) is 5.10 Å². The zero-order chi connectivity index (χ0) is 42.6. The number of hydrogen-bond acceptors (Lipinski definition) is 17. The highest BCUT2D eigenvalue weighted by molar-refractivity contribution is 7.99. The minimum atomic E-state index is -2.60. The quantitative estimate of drug-likeness (QED) is 0.0171. The lowest BCUT2D eigenvalue weighted by Gasteiger charge is -2.55. The average Bonchev–Trinajstić information content (AvgIpc) is 3.59. The number of carboxylic acid groups (broad SMARTS) is 2. The van der Waals surface area contributed by atoms with Crippen LogP contribution >= 0.6 is 11.8 Å². The van der Waals surface area contributed by atoms with E-state index in [0.717, 1.165) is 48.5 Å². The molecule has 58 heavy (non-hydrogen) atoms. The predicted octanol–water partition coefficient (Wildman–Crippen LogP) is -3.33. The molecule has 2 fully saturated rings. The van der Waals surface area contributed by atoms with E-state index in [1.165, 1.54) is 4.90 Å². The van der Waals surface area contributed by atoms with Crippen LogP contribution in [-0.4, -0.2) is 152 Å². The van der Waals surface area contributed by atoms with Crippen molar-refractivity contribution in [2.45, 2.75) is 49.6 Å². The molecule has 27 heteroatoms. The van der Waals surface area contributed by atoms with E-state index in [4.69, 9.17) is 14.6 Å². The standard InChI is InChI=1S/C31H32N10O15S2/c1-4-38-7-8-39(25(49)24(38)48)29(53)33-21(16-5-6-18(55-14(2)43)19(9-16)56-15(3)44)23(47)34-31(32-13-42)27(52)41-22(26(50)51)17(12-58(54)28(31)41)11-57-30-35-36-37-40(30)10-20(45)46/h5-6,9,13,21,28H,4,7-8,10-12H2,1-3H3,(H,32,42)(H,33,53)(H,34,47)(H,45,46)(H,50,51)/t21?,28-,31+,58?/m0/s1. The molecule has 2 aromatic rings. The number of nitrogens with one attached hydrogen (secondary N) is 3. The summed E-state index contributed by atoms with van der Waals surface area (Å²) in [5, 5.41) is 34.8. The molecule has 2 unspecified atom stereocenters. The van der Waals surface area contributed by atoms with Gasteiger partial charge < -0.3 is 45.1 Å². The van der Waals surface area contributed by atoms with Gasteiger partial charge in [-0.2, -0.15) is 0 Å². The number of piperazine rings is 1. The van der Waals surface area contributed by atoms with Crippen molar-refractivity contribution in [2.24, 2.45) is 0 Å². The van der Waals surface area contributed by atoms with Crippen LogP contribution in [0.25, 0.3) is 0 Å². The third kappa shape index (κ3) is 8.39. The third-order valence-corrected chi connectivity index (χ3v) is 11.3. The van der Waals surface area contributed by atoms with Crippen LogP contribution in [0.3, 0.4) is 0 Å². The first-order chi connectivity index (χ1) is 27.4. The summed E-state index contributed by atoms with van der Waals surface area (Å²) in [6, 6.07) is -0.0383. The number of amides is 7. The Morgan fingerprint density at radius 1 is 1.07 bits per heavy atom. The number of benzene rings is 1. The first-order valence-electron chi connectivity index (χ1n) is 16.7. The van der Waals surface area contributed by atoms with Gasteiger partial charge in [-0.1, -0.05) is 17.8 Å². The van der Waals surface area contributed by atoms with Gasteiger partial charge in [0, 0.05) is 44.8 Å². The Bertz CT molecular complexity index is 2150. The number of nitrogens with zero attached hydrogens (tertiary/aromatic N) is 7. The number of β-lactam (4-membered cyclic amide) rings is 1. The third-order valence-electron chi connectivity index (χ3n) is 8.55.